The maximum atomic E-state index is 6.22. The zero-order chi connectivity index (χ0) is 10.9. The number of fused-ring (bicyclic) bond motifs is 1. The quantitative estimate of drug-likeness (QED) is 0.756. The van der Waals surface area contributed by atoms with Crippen LogP contribution in [0.5, 0.6) is 0 Å². The van der Waals surface area contributed by atoms with Crippen LogP contribution in [-0.2, 0) is 12.0 Å². The molecular weight excluding hydrogens is 206 g/mol. The van der Waals surface area contributed by atoms with E-state index in [0.29, 0.717) is 0 Å². The van der Waals surface area contributed by atoms with E-state index in [1.807, 2.05) is 18.2 Å². The van der Waals surface area contributed by atoms with Crippen LogP contribution in [0.1, 0.15) is 24.5 Å². The van der Waals surface area contributed by atoms with Gasteiger partial charge in [-0.15, -0.1) is 6.58 Å². The summed E-state index contributed by atoms with van der Waals surface area (Å²) in [6, 6.07) is 6.16. The Morgan fingerprint density at radius 2 is 2.40 bits per heavy atom. The Labute approximate surface area is 96.1 Å². The van der Waals surface area contributed by atoms with Crippen molar-refractivity contribution in [3.63, 3.8) is 0 Å². The average Bonchev–Trinajstić information content (AvgIpc) is 2.20. The molecule has 1 heterocycles. The smallest absolute Gasteiger partial charge is 0.0444 e. The summed E-state index contributed by atoms with van der Waals surface area (Å²) in [5.74, 6) is 0. The van der Waals surface area contributed by atoms with E-state index in [9.17, 15) is 0 Å². The second kappa shape index (κ2) is 3.99. The maximum absolute atomic E-state index is 6.22. The molecule has 0 saturated carbocycles. The van der Waals surface area contributed by atoms with Gasteiger partial charge in [0.05, 0.1) is 0 Å². The first-order valence-electron chi connectivity index (χ1n) is 5.31. The molecule has 1 atom stereocenters. The summed E-state index contributed by atoms with van der Waals surface area (Å²) in [4.78, 5) is 0. The number of benzene rings is 1. The van der Waals surface area contributed by atoms with E-state index < -0.39 is 0 Å². The maximum Gasteiger partial charge on any atom is 0.0444 e. The molecule has 0 radical (unpaired) electrons. The molecule has 1 unspecified atom stereocenters. The predicted molar refractivity (Wildman–Crippen MR) is 65.3 cm³/mol. The normalized spacial score (nSPS) is 24.7. The van der Waals surface area contributed by atoms with Crippen LogP contribution < -0.4 is 5.32 Å². The molecule has 0 spiro atoms. The highest BCUT2D eigenvalue weighted by Gasteiger charge is 2.30. The van der Waals surface area contributed by atoms with Gasteiger partial charge in [-0.2, -0.15) is 0 Å². The second-order valence-electron chi connectivity index (χ2n) is 4.27. The lowest BCUT2D eigenvalue weighted by Crippen LogP contribution is -2.44. The first-order valence-corrected chi connectivity index (χ1v) is 5.69. The van der Waals surface area contributed by atoms with Gasteiger partial charge in [0.15, 0.2) is 0 Å². The molecule has 0 aliphatic carbocycles. The van der Waals surface area contributed by atoms with Gasteiger partial charge in [0.2, 0.25) is 0 Å². The minimum Gasteiger partial charge on any atom is -0.307 e. The van der Waals surface area contributed by atoms with Gasteiger partial charge in [-0.05, 0) is 37.0 Å². The third kappa shape index (κ3) is 1.82. The molecule has 1 aromatic carbocycles. The van der Waals surface area contributed by atoms with Gasteiger partial charge in [0.1, 0.15) is 0 Å². The molecule has 1 N–H and O–H groups in total. The van der Waals surface area contributed by atoms with Crippen molar-refractivity contribution in [3.8, 4) is 0 Å². The van der Waals surface area contributed by atoms with Gasteiger partial charge in [-0.3, -0.25) is 0 Å². The number of hydrogen-bond acceptors (Lipinski definition) is 1. The van der Waals surface area contributed by atoms with Crippen LogP contribution in [-0.4, -0.2) is 6.54 Å². The van der Waals surface area contributed by atoms with E-state index in [0.717, 1.165) is 24.4 Å². The van der Waals surface area contributed by atoms with Gasteiger partial charge in [0, 0.05) is 17.1 Å². The van der Waals surface area contributed by atoms with Crippen LogP contribution in [0.25, 0.3) is 0 Å². The summed E-state index contributed by atoms with van der Waals surface area (Å²) in [7, 11) is 0. The average molecular weight is 222 g/mol. The minimum absolute atomic E-state index is 0.000231. The molecule has 0 saturated heterocycles. The third-order valence-corrected chi connectivity index (χ3v) is 3.51. The lowest BCUT2D eigenvalue weighted by molar-refractivity contribution is 0.351. The summed E-state index contributed by atoms with van der Waals surface area (Å²) in [6.45, 7) is 7.02. The standard InChI is InChI=1S/C13H16ClN/c1-3-8-13(2)11-5-4-6-12(14)10(11)7-9-15-13/h3-6,15H,1,7-9H2,2H3. The molecule has 1 aliphatic heterocycles. The Morgan fingerprint density at radius 1 is 1.60 bits per heavy atom. The van der Waals surface area contributed by atoms with Crippen LogP contribution in [0.2, 0.25) is 5.02 Å². The van der Waals surface area contributed by atoms with E-state index in [2.05, 4.69) is 24.9 Å². The van der Waals surface area contributed by atoms with Crippen LogP contribution >= 0.6 is 11.6 Å². The van der Waals surface area contributed by atoms with Crippen molar-refractivity contribution in [2.75, 3.05) is 6.54 Å². The van der Waals surface area contributed by atoms with E-state index in [1.54, 1.807) is 0 Å². The van der Waals surface area contributed by atoms with Crippen molar-refractivity contribution < 1.29 is 0 Å². The molecule has 0 amide bonds. The summed E-state index contributed by atoms with van der Waals surface area (Å²) in [5.41, 5.74) is 2.61. The van der Waals surface area contributed by atoms with Crippen molar-refractivity contribution >= 4 is 11.6 Å². The molecule has 0 bridgehead atoms. The molecule has 1 aliphatic rings. The minimum atomic E-state index is 0.000231. The fraction of sp³-hybridized carbons (Fsp3) is 0.385. The number of halogens is 1. The van der Waals surface area contributed by atoms with E-state index >= 15 is 0 Å². The highest BCUT2D eigenvalue weighted by atomic mass is 35.5. The van der Waals surface area contributed by atoms with Crippen LogP contribution in [0.3, 0.4) is 0 Å². The third-order valence-electron chi connectivity index (χ3n) is 3.16. The van der Waals surface area contributed by atoms with Gasteiger partial charge in [0.25, 0.3) is 0 Å². The number of hydrogen-bond donors (Lipinski definition) is 1. The van der Waals surface area contributed by atoms with Crippen molar-refractivity contribution in [2.24, 2.45) is 0 Å². The molecule has 1 nitrogen and oxygen atoms in total. The molecule has 15 heavy (non-hydrogen) atoms. The first-order chi connectivity index (χ1) is 7.17. The SMILES string of the molecule is C=CCC1(C)NCCc2c(Cl)cccc21. The Kier molecular flexibility index (Phi) is 2.85. The van der Waals surface area contributed by atoms with Crippen LogP contribution in [0.15, 0.2) is 30.9 Å². The lowest BCUT2D eigenvalue weighted by Gasteiger charge is -2.37. The summed E-state index contributed by atoms with van der Waals surface area (Å²) in [6.07, 6.45) is 3.91. The van der Waals surface area contributed by atoms with E-state index in [4.69, 9.17) is 11.6 Å². The zero-order valence-corrected chi connectivity index (χ0v) is 9.77. The fourth-order valence-corrected chi connectivity index (χ4v) is 2.63. The van der Waals surface area contributed by atoms with Crippen molar-refractivity contribution in [1.29, 1.82) is 0 Å². The van der Waals surface area contributed by atoms with Gasteiger partial charge in [-0.25, -0.2) is 0 Å². The summed E-state index contributed by atoms with van der Waals surface area (Å²) < 4.78 is 0. The van der Waals surface area contributed by atoms with Crippen LogP contribution in [0.4, 0.5) is 0 Å². The van der Waals surface area contributed by atoms with Gasteiger partial charge >= 0.3 is 0 Å². The molecular formula is C13H16ClN. The van der Waals surface area contributed by atoms with Crippen molar-refractivity contribution in [2.45, 2.75) is 25.3 Å². The summed E-state index contributed by atoms with van der Waals surface area (Å²) in [5, 5.41) is 4.44. The number of nitrogens with one attached hydrogen (secondary N) is 1. The van der Waals surface area contributed by atoms with E-state index in [1.165, 1.54) is 11.1 Å². The first kappa shape index (κ1) is 10.7. The van der Waals surface area contributed by atoms with Crippen molar-refractivity contribution in [3.05, 3.63) is 47.0 Å². The Balaban J connectivity index is 2.51. The summed E-state index contributed by atoms with van der Waals surface area (Å²) >= 11 is 6.22. The zero-order valence-electron chi connectivity index (χ0n) is 9.02. The van der Waals surface area contributed by atoms with Gasteiger partial charge < -0.3 is 5.32 Å². The molecule has 0 fully saturated rings. The highest BCUT2D eigenvalue weighted by Crippen LogP contribution is 2.34. The lowest BCUT2D eigenvalue weighted by atomic mass is 9.81. The van der Waals surface area contributed by atoms with E-state index in [-0.39, 0.29) is 5.54 Å². The highest BCUT2D eigenvalue weighted by molar-refractivity contribution is 6.31. The number of rotatable bonds is 2. The van der Waals surface area contributed by atoms with Crippen LogP contribution in [0, 0.1) is 0 Å². The Hall–Kier alpha value is -0.790. The molecule has 80 valence electrons. The molecule has 1 aromatic rings. The van der Waals surface area contributed by atoms with Gasteiger partial charge in [-0.1, -0.05) is 29.8 Å². The topological polar surface area (TPSA) is 12.0 Å². The fourth-order valence-electron chi connectivity index (χ4n) is 2.36. The Bertz CT molecular complexity index is 386. The molecule has 2 rings (SSSR count). The van der Waals surface area contributed by atoms with Crippen molar-refractivity contribution in [1.82, 2.24) is 5.32 Å². The molecule has 2 heteroatoms. The largest absolute Gasteiger partial charge is 0.307 e. The second-order valence-corrected chi connectivity index (χ2v) is 4.67. The molecule has 0 aromatic heterocycles. The monoisotopic (exact) mass is 221 g/mol. The Morgan fingerprint density at radius 3 is 3.13 bits per heavy atom. The predicted octanol–water partition coefficient (Wildman–Crippen LogP) is 3.28.